The Kier molecular flexibility index (Phi) is 12.9. The van der Waals surface area contributed by atoms with Crippen molar-refractivity contribution in [2.24, 2.45) is 5.73 Å². The average molecular weight is 563 g/mol. The molecule has 2 aromatic carbocycles. The summed E-state index contributed by atoms with van der Waals surface area (Å²) in [5.74, 6) is -0.0825. The van der Waals surface area contributed by atoms with E-state index in [4.69, 9.17) is 41.0 Å². The van der Waals surface area contributed by atoms with Gasteiger partial charge in [-0.2, -0.15) is 0 Å². The van der Waals surface area contributed by atoms with Gasteiger partial charge in [0.25, 0.3) is 0 Å². The lowest BCUT2D eigenvalue weighted by atomic mass is 9.78. The molecule has 0 aromatic heterocycles. The average Bonchev–Trinajstić information content (AvgIpc) is 2.96. The predicted molar refractivity (Wildman–Crippen MR) is 147 cm³/mol. The van der Waals surface area contributed by atoms with Crippen LogP contribution in [0.3, 0.4) is 0 Å². The van der Waals surface area contributed by atoms with Gasteiger partial charge in [-0.3, -0.25) is 9.59 Å². The molecule has 2 N–H and O–H groups in total. The molecule has 0 aliphatic heterocycles. The van der Waals surface area contributed by atoms with Crippen LogP contribution in [-0.4, -0.2) is 62.4 Å². The summed E-state index contributed by atoms with van der Waals surface area (Å²) in [6.45, 7) is 9.16. The molecule has 212 valence electrons. The number of esters is 3. The van der Waals surface area contributed by atoms with E-state index in [1.165, 1.54) is 0 Å². The number of hydrogen-bond donors (Lipinski definition) is 1. The number of rotatable bonds is 16. The molecule has 2 unspecified atom stereocenters. The molecule has 0 amide bonds. The summed E-state index contributed by atoms with van der Waals surface area (Å²) < 4.78 is 27.0. The lowest BCUT2D eigenvalue weighted by Gasteiger charge is -2.27. The summed E-state index contributed by atoms with van der Waals surface area (Å²) in [7, 11) is 0. The van der Waals surface area contributed by atoms with E-state index in [1.807, 2.05) is 48.5 Å². The van der Waals surface area contributed by atoms with Crippen molar-refractivity contribution < 1.29 is 38.1 Å². The lowest BCUT2D eigenvalue weighted by Crippen LogP contribution is -2.32. The Morgan fingerprint density at radius 1 is 0.821 bits per heavy atom. The fourth-order valence-electron chi connectivity index (χ4n) is 3.47. The summed E-state index contributed by atoms with van der Waals surface area (Å²) in [6, 6.07) is 15.3. The summed E-state index contributed by atoms with van der Waals surface area (Å²) in [4.78, 5) is 34.5. The zero-order valence-corrected chi connectivity index (χ0v) is 23.4. The Labute approximate surface area is 234 Å². The summed E-state index contributed by atoms with van der Waals surface area (Å²) in [5, 5.41) is 0. The van der Waals surface area contributed by atoms with Gasteiger partial charge in [-0.25, -0.2) is 4.79 Å². The van der Waals surface area contributed by atoms with Gasteiger partial charge in [0.15, 0.2) is 12.5 Å². The number of halogens is 1. The molecule has 0 saturated carbocycles. The molecule has 0 aliphatic carbocycles. The van der Waals surface area contributed by atoms with E-state index in [2.05, 4.69) is 20.8 Å². The lowest BCUT2D eigenvalue weighted by molar-refractivity contribution is -0.159. The molecule has 0 aliphatic rings. The number of alkyl halides is 1. The second-order valence-corrected chi connectivity index (χ2v) is 9.47. The van der Waals surface area contributed by atoms with Crippen LogP contribution in [-0.2, 0) is 34.0 Å². The first kappa shape index (κ1) is 31.8. The summed E-state index contributed by atoms with van der Waals surface area (Å²) in [5.41, 5.74) is 7.04. The van der Waals surface area contributed by atoms with E-state index in [0.717, 1.165) is 11.1 Å². The van der Waals surface area contributed by atoms with Crippen molar-refractivity contribution in [2.75, 3.05) is 32.2 Å². The minimum atomic E-state index is -0.787. The van der Waals surface area contributed by atoms with Crippen LogP contribution in [0.4, 0.5) is 0 Å². The molecule has 0 saturated heterocycles. The van der Waals surface area contributed by atoms with Crippen molar-refractivity contribution in [1.82, 2.24) is 0 Å². The van der Waals surface area contributed by atoms with Crippen LogP contribution in [0.25, 0.3) is 0 Å². The van der Waals surface area contributed by atoms with Gasteiger partial charge in [0, 0.05) is 11.8 Å². The van der Waals surface area contributed by atoms with Gasteiger partial charge in [-0.05, 0) is 35.4 Å². The van der Waals surface area contributed by atoms with Crippen LogP contribution in [0.5, 0.6) is 11.5 Å². The van der Waals surface area contributed by atoms with Crippen molar-refractivity contribution in [3.8, 4) is 11.5 Å². The number of ether oxygens (including phenoxy) is 5. The molecule has 10 heteroatoms. The molecule has 2 aromatic rings. The first-order chi connectivity index (χ1) is 18.6. The van der Waals surface area contributed by atoms with Crippen molar-refractivity contribution in [1.29, 1.82) is 0 Å². The molecule has 2 rings (SSSR count). The van der Waals surface area contributed by atoms with Gasteiger partial charge >= 0.3 is 17.9 Å². The maximum absolute atomic E-state index is 11.7. The Morgan fingerprint density at radius 3 is 1.74 bits per heavy atom. The Balaban J connectivity index is 1.99. The fraction of sp³-hybridized carbons (Fsp3) is 0.448. The summed E-state index contributed by atoms with van der Waals surface area (Å²) in [6.07, 6.45) is -1.07. The van der Waals surface area contributed by atoms with Crippen molar-refractivity contribution in [3.63, 3.8) is 0 Å². The van der Waals surface area contributed by atoms with Crippen molar-refractivity contribution in [3.05, 3.63) is 66.6 Å². The van der Waals surface area contributed by atoms with Gasteiger partial charge in [-0.15, -0.1) is 11.6 Å². The van der Waals surface area contributed by atoms with Crippen LogP contribution >= 0.6 is 11.6 Å². The van der Waals surface area contributed by atoms with E-state index in [0.29, 0.717) is 11.5 Å². The number of carbonyl (C=O) groups is 3. The van der Waals surface area contributed by atoms with Crippen LogP contribution in [0.1, 0.15) is 44.7 Å². The van der Waals surface area contributed by atoms with Gasteiger partial charge in [0.2, 0.25) is 0 Å². The predicted octanol–water partition coefficient (Wildman–Crippen LogP) is 3.97. The molecule has 0 fully saturated rings. The second kappa shape index (κ2) is 15.9. The zero-order chi connectivity index (χ0) is 28.8. The standard InChI is InChI=1S/C29H37ClNO8/c1-5-26(32)38-24(15-30)17-35-22-11-7-20(8-12-22)29(3,4)21-9-13-23(14-10-21)36-18-25(39-27(33)6-2)19-37-28(34)16-31/h7-14,24-25H,2,5-6,15-19,31H2,1,3-4H3/q+1. The van der Waals surface area contributed by atoms with Crippen molar-refractivity contribution in [2.45, 2.75) is 51.2 Å². The molecule has 39 heavy (non-hydrogen) atoms. The number of nitrogens with two attached hydrogens (primary N) is 1. The number of hydrogen-bond acceptors (Lipinski definition) is 9. The van der Waals surface area contributed by atoms with E-state index >= 15 is 0 Å². The quantitative estimate of drug-likeness (QED) is 0.140. The number of carbonyl (C=O) groups excluding carboxylic acids is 3. The molecule has 0 bridgehead atoms. The molecule has 0 spiro atoms. The van der Waals surface area contributed by atoms with E-state index in [1.54, 1.807) is 6.92 Å². The highest BCUT2D eigenvalue weighted by atomic mass is 35.5. The van der Waals surface area contributed by atoms with Crippen LogP contribution < -0.4 is 15.2 Å². The Morgan fingerprint density at radius 2 is 1.31 bits per heavy atom. The van der Waals surface area contributed by atoms with Gasteiger partial charge in [0.1, 0.15) is 37.4 Å². The van der Waals surface area contributed by atoms with Gasteiger partial charge < -0.3 is 29.4 Å². The SMILES string of the molecule is [CH2+]CC(=O)OC(COC(=O)CN)COc1ccc(C(C)(C)c2ccc(OCC(CCl)OC(=O)CC)cc2)cc1. The molecule has 9 nitrogen and oxygen atoms in total. The molecule has 2 atom stereocenters. The minimum Gasteiger partial charge on any atom is -0.490 e. The summed E-state index contributed by atoms with van der Waals surface area (Å²) >= 11 is 5.88. The highest BCUT2D eigenvalue weighted by molar-refractivity contribution is 6.18. The van der Waals surface area contributed by atoms with E-state index in [9.17, 15) is 14.4 Å². The first-order valence-corrected chi connectivity index (χ1v) is 13.2. The van der Waals surface area contributed by atoms with Crippen LogP contribution in [0.2, 0.25) is 0 Å². The monoisotopic (exact) mass is 562 g/mol. The molecular formula is C29H37ClNO8+. The van der Waals surface area contributed by atoms with Gasteiger partial charge in [0.05, 0.1) is 19.3 Å². The highest BCUT2D eigenvalue weighted by Gasteiger charge is 2.24. The molecule has 0 radical (unpaired) electrons. The fourth-order valence-corrected chi connectivity index (χ4v) is 3.62. The zero-order valence-electron chi connectivity index (χ0n) is 22.7. The van der Waals surface area contributed by atoms with E-state index in [-0.39, 0.29) is 56.5 Å². The largest absolute Gasteiger partial charge is 0.490 e. The number of benzene rings is 2. The maximum atomic E-state index is 11.7. The molecular weight excluding hydrogens is 526 g/mol. The minimum absolute atomic E-state index is 0.00395. The smallest absolute Gasteiger partial charge is 0.351 e. The highest BCUT2D eigenvalue weighted by Crippen LogP contribution is 2.33. The first-order valence-electron chi connectivity index (χ1n) is 12.7. The Hall–Kier alpha value is -3.43. The third kappa shape index (κ3) is 10.3. The van der Waals surface area contributed by atoms with Crippen LogP contribution in [0, 0.1) is 6.92 Å². The van der Waals surface area contributed by atoms with Gasteiger partial charge in [-0.1, -0.05) is 45.0 Å². The van der Waals surface area contributed by atoms with E-state index < -0.39 is 24.1 Å². The molecule has 0 heterocycles. The van der Waals surface area contributed by atoms with Crippen LogP contribution in [0.15, 0.2) is 48.5 Å². The Bertz CT molecular complexity index is 1060. The third-order valence-corrected chi connectivity index (χ3v) is 6.23. The van der Waals surface area contributed by atoms with Crippen molar-refractivity contribution >= 4 is 29.5 Å². The topological polar surface area (TPSA) is 123 Å². The second-order valence-electron chi connectivity index (χ2n) is 9.16. The maximum Gasteiger partial charge on any atom is 0.351 e. The normalized spacial score (nSPS) is 12.6. The third-order valence-electron chi connectivity index (χ3n) is 5.88.